The van der Waals surface area contributed by atoms with Crippen molar-refractivity contribution in [3.05, 3.63) is 43.5 Å². The van der Waals surface area contributed by atoms with E-state index in [1.54, 1.807) is 7.11 Å². The van der Waals surface area contributed by atoms with Crippen molar-refractivity contribution in [3.8, 4) is 11.5 Å². The summed E-state index contributed by atoms with van der Waals surface area (Å²) in [6.45, 7) is 1.24. The first kappa shape index (κ1) is 15.6. The molecular weight excluding hydrogens is 362 g/mol. The fourth-order valence-electron chi connectivity index (χ4n) is 1.79. The standard InChI is InChI=1S/C14H15BrClNO2S/c1-17-7-9-5-11(15)14(12(6-9)18-2)19-8-10-3-4-13(16)20-10/h3-6,17H,7-8H2,1-2H3. The lowest BCUT2D eigenvalue weighted by Gasteiger charge is -2.14. The molecule has 0 aliphatic rings. The van der Waals surface area contributed by atoms with E-state index >= 15 is 0 Å². The van der Waals surface area contributed by atoms with E-state index in [1.165, 1.54) is 11.3 Å². The fourth-order valence-corrected chi connectivity index (χ4v) is 3.40. The minimum atomic E-state index is 0.470. The summed E-state index contributed by atoms with van der Waals surface area (Å²) in [5.41, 5.74) is 1.13. The average molecular weight is 377 g/mol. The van der Waals surface area contributed by atoms with Gasteiger partial charge >= 0.3 is 0 Å². The van der Waals surface area contributed by atoms with E-state index < -0.39 is 0 Å². The lowest BCUT2D eigenvalue weighted by molar-refractivity contribution is 0.285. The van der Waals surface area contributed by atoms with E-state index in [2.05, 4.69) is 21.2 Å². The topological polar surface area (TPSA) is 30.5 Å². The second kappa shape index (κ2) is 7.31. The van der Waals surface area contributed by atoms with Crippen molar-refractivity contribution in [2.24, 2.45) is 0 Å². The molecule has 0 aliphatic carbocycles. The van der Waals surface area contributed by atoms with Crippen LogP contribution in [-0.4, -0.2) is 14.2 Å². The molecule has 0 radical (unpaired) electrons. The molecule has 20 heavy (non-hydrogen) atoms. The number of halogens is 2. The molecule has 0 spiro atoms. The third kappa shape index (κ3) is 3.88. The van der Waals surface area contributed by atoms with Gasteiger partial charge in [0.15, 0.2) is 11.5 Å². The van der Waals surface area contributed by atoms with Crippen LogP contribution in [0.1, 0.15) is 10.4 Å². The second-order valence-electron chi connectivity index (χ2n) is 4.13. The Balaban J connectivity index is 2.17. The van der Waals surface area contributed by atoms with E-state index in [9.17, 15) is 0 Å². The minimum Gasteiger partial charge on any atom is -0.493 e. The highest BCUT2D eigenvalue weighted by Gasteiger charge is 2.12. The zero-order valence-corrected chi connectivity index (χ0v) is 14.4. The number of thiophene rings is 1. The normalized spacial score (nSPS) is 10.6. The van der Waals surface area contributed by atoms with Crippen molar-refractivity contribution in [2.75, 3.05) is 14.2 Å². The number of methoxy groups -OCH3 is 1. The van der Waals surface area contributed by atoms with Crippen LogP contribution in [0.2, 0.25) is 4.34 Å². The summed E-state index contributed by atoms with van der Waals surface area (Å²) >= 11 is 11.0. The molecule has 2 aromatic rings. The number of hydrogen-bond acceptors (Lipinski definition) is 4. The molecule has 0 unspecified atom stereocenters. The van der Waals surface area contributed by atoms with Gasteiger partial charge in [0.2, 0.25) is 0 Å². The van der Waals surface area contributed by atoms with Gasteiger partial charge in [-0.25, -0.2) is 0 Å². The Bertz CT molecular complexity index is 589. The first-order valence-corrected chi connectivity index (χ1v) is 8.00. The van der Waals surface area contributed by atoms with Crippen LogP contribution in [0.3, 0.4) is 0 Å². The molecule has 6 heteroatoms. The highest BCUT2D eigenvalue weighted by molar-refractivity contribution is 9.10. The van der Waals surface area contributed by atoms with Crippen molar-refractivity contribution in [3.63, 3.8) is 0 Å². The van der Waals surface area contributed by atoms with Crippen LogP contribution in [0.15, 0.2) is 28.7 Å². The predicted molar refractivity (Wildman–Crippen MR) is 87.1 cm³/mol. The van der Waals surface area contributed by atoms with Gasteiger partial charge in [-0.3, -0.25) is 0 Å². The molecule has 0 saturated carbocycles. The third-order valence-corrected chi connectivity index (χ3v) is 4.45. The summed E-state index contributed by atoms with van der Waals surface area (Å²) in [5, 5.41) is 3.11. The average Bonchev–Trinajstić information content (AvgIpc) is 2.83. The fraction of sp³-hybridized carbons (Fsp3) is 0.286. The Hall–Kier alpha value is -0.750. The van der Waals surface area contributed by atoms with Gasteiger partial charge in [0.1, 0.15) is 6.61 Å². The van der Waals surface area contributed by atoms with E-state index in [-0.39, 0.29) is 0 Å². The van der Waals surface area contributed by atoms with Gasteiger partial charge in [-0.15, -0.1) is 11.3 Å². The largest absolute Gasteiger partial charge is 0.493 e. The molecule has 0 amide bonds. The van der Waals surface area contributed by atoms with Gasteiger partial charge in [-0.05, 0) is 52.8 Å². The first-order chi connectivity index (χ1) is 9.63. The molecule has 0 atom stereocenters. The van der Waals surface area contributed by atoms with Gasteiger partial charge in [0.05, 0.1) is 15.9 Å². The Kier molecular flexibility index (Phi) is 5.72. The molecule has 108 valence electrons. The zero-order chi connectivity index (χ0) is 14.5. The lowest BCUT2D eigenvalue weighted by atomic mass is 10.2. The van der Waals surface area contributed by atoms with Gasteiger partial charge in [-0.1, -0.05) is 11.6 Å². The summed E-state index contributed by atoms with van der Waals surface area (Å²) in [7, 11) is 3.55. The van der Waals surface area contributed by atoms with E-state index in [0.717, 1.165) is 25.8 Å². The molecule has 0 bridgehead atoms. The molecule has 0 saturated heterocycles. The number of rotatable bonds is 6. The molecule has 1 aromatic heterocycles. The Morgan fingerprint density at radius 2 is 2.15 bits per heavy atom. The summed E-state index contributed by atoms with van der Waals surface area (Å²) in [4.78, 5) is 1.07. The van der Waals surface area contributed by atoms with E-state index in [4.69, 9.17) is 21.1 Å². The third-order valence-electron chi connectivity index (χ3n) is 2.66. The van der Waals surface area contributed by atoms with Crippen LogP contribution in [0.5, 0.6) is 11.5 Å². The minimum absolute atomic E-state index is 0.470. The number of hydrogen-bond donors (Lipinski definition) is 1. The van der Waals surface area contributed by atoms with Crippen LogP contribution >= 0.6 is 38.9 Å². The molecule has 2 rings (SSSR count). The molecular formula is C14H15BrClNO2S. The number of nitrogens with one attached hydrogen (secondary N) is 1. The van der Waals surface area contributed by atoms with Crippen molar-refractivity contribution < 1.29 is 9.47 Å². The Labute approximate surface area is 136 Å². The van der Waals surface area contributed by atoms with Crippen LogP contribution in [-0.2, 0) is 13.2 Å². The molecule has 3 nitrogen and oxygen atoms in total. The maximum absolute atomic E-state index is 5.91. The van der Waals surface area contributed by atoms with E-state index in [1.807, 2.05) is 31.3 Å². The van der Waals surface area contributed by atoms with Crippen molar-refractivity contribution in [2.45, 2.75) is 13.2 Å². The Morgan fingerprint density at radius 1 is 1.35 bits per heavy atom. The van der Waals surface area contributed by atoms with Crippen molar-refractivity contribution in [1.82, 2.24) is 5.32 Å². The van der Waals surface area contributed by atoms with Crippen molar-refractivity contribution in [1.29, 1.82) is 0 Å². The molecule has 0 aliphatic heterocycles. The molecule has 1 heterocycles. The lowest BCUT2D eigenvalue weighted by Crippen LogP contribution is -2.06. The van der Waals surface area contributed by atoms with Gasteiger partial charge in [-0.2, -0.15) is 0 Å². The van der Waals surface area contributed by atoms with Crippen LogP contribution in [0.4, 0.5) is 0 Å². The SMILES string of the molecule is CNCc1cc(Br)c(OCc2ccc(Cl)s2)c(OC)c1. The van der Waals surface area contributed by atoms with Crippen LogP contribution in [0.25, 0.3) is 0 Å². The summed E-state index contributed by atoms with van der Waals surface area (Å²) in [5.74, 6) is 1.42. The van der Waals surface area contributed by atoms with Gasteiger partial charge in [0, 0.05) is 11.4 Å². The second-order valence-corrected chi connectivity index (χ2v) is 6.79. The maximum Gasteiger partial charge on any atom is 0.175 e. The number of ether oxygens (including phenoxy) is 2. The molecule has 1 N–H and O–H groups in total. The van der Waals surface area contributed by atoms with Gasteiger partial charge in [0.25, 0.3) is 0 Å². The maximum atomic E-state index is 5.91. The quantitative estimate of drug-likeness (QED) is 0.807. The summed E-state index contributed by atoms with van der Waals surface area (Å²) in [6.07, 6.45) is 0. The summed E-state index contributed by atoms with van der Waals surface area (Å²) < 4.78 is 12.9. The van der Waals surface area contributed by atoms with Crippen molar-refractivity contribution >= 4 is 38.9 Å². The van der Waals surface area contributed by atoms with Crippen LogP contribution < -0.4 is 14.8 Å². The van der Waals surface area contributed by atoms with E-state index in [0.29, 0.717) is 18.1 Å². The number of benzene rings is 1. The molecule has 1 aromatic carbocycles. The first-order valence-electron chi connectivity index (χ1n) is 6.02. The summed E-state index contributed by atoms with van der Waals surface area (Å²) in [6, 6.07) is 7.82. The van der Waals surface area contributed by atoms with Gasteiger partial charge < -0.3 is 14.8 Å². The Morgan fingerprint density at radius 3 is 2.75 bits per heavy atom. The highest BCUT2D eigenvalue weighted by atomic mass is 79.9. The smallest absolute Gasteiger partial charge is 0.175 e. The predicted octanol–water partition coefficient (Wildman–Crippen LogP) is 4.47. The van der Waals surface area contributed by atoms with Crippen LogP contribution in [0, 0.1) is 0 Å². The monoisotopic (exact) mass is 375 g/mol. The zero-order valence-electron chi connectivity index (χ0n) is 11.2. The molecule has 0 fully saturated rings. The highest BCUT2D eigenvalue weighted by Crippen LogP contribution is 2.37.